The lowest BCUT2D eigenvalue weighted by atomic mass is 10.0. The summed E-state index contributed by atoms with van der Waals surface area (Å²) in [6.45, 7) is 5.34. The number of nitrogens with one attached hydrogen (secondary N) is 2. The third kappa shape index (κ3) is 5.56. The molecule has 2 N–H and O–H groups in total. The van der Waals surface area contributed by atoms with Crippen molar-refractivity contribution in [3.05, 3.63) is 47.3 Å². The predicted octanol–water partition coefficient (Wildman–Crippen LogP) is 3.54. The first kappa shape index (κ1) is 20.8. The highest BCUT2D eigenvalue weighted by atomic mass is 32.2. The van der Waals surface area contributed by atoms with E-state index in [0.717, 1.165) is 43.8 Å². The number of sulfonamides is 1. The Balaban J connectivity index is 1.57. The molecular weight excluding hydrogens is 394 g/mol. The molecule has 8 heteroatoms. The Morgan fingerprint density at radius 2 is 2.00 bits per heavy atom. The van der Waals surface area contributed by atoms with Gasteiger partial charge >= 0.3 is 0 Å². The molecule has 3 rings (SSSR count). The first-order chi connectivity index (χ1) is 13.5. The summed E-state index contributed by atoms with van der Waals surface area (Å²) in [5.41, 5.74) is 0.843. The maximum absolute atomic E-state index is 12.6. The number of benzene rings is 1. The average Bonchev–Trinajstić information content (AvgIpc) is 3.23. The van der Waals surface area contributed by atoms with Crippen molar-refractivity contribution in [2.45, 2.75) is 42.9 Å². The van der Waals surface area contributed by atoms with Crippen molar-refractivity contribution in [3.63, 3.8) is 0 Å². The molecule has 2 heterocycles. The zero-order valence-electron chi connectivity index (χ0n) is 16.1. The predicted molar refractivity (Wildman–Crippen MR) is 113 cm³/mol. The molecule has 1 fully saturated rings. The van der Waals surface area contributed by atoms with Gasteiger partial charge in [-0.05, 0) is 55.5 Å². The number of amides is 1. The van der Waals surface area contributed by atoms with Crippen molar-refractivity contribution in [2.24, 2.45) is 0 Å². The van der Waals surface area contributed by atoms with E-state index in [1.54, 1.807) is 41.8 Å². The van der Waals surface area contributed by atoms with Gasteiger partial charge in [-0.1, -0.05) is 25.5 Å². The number of anilines is 1. The molecule has 0 aliphatic carbocycles. The molecule has 1 aliphatic heterocycles. The van der Waals surface area contributed by atoms with Crippen LogP contribution in [0.15, 0.2) is 46.0 Å². The highest BCUT2D eigenvalue weighted by Crippen LogP contribution is 2.21. The van der Waals surface area contributed by atoms with Gasteiger partial charge in [0.15, 0.2) is 0 Å². The van der Waals surface area contributed by atoms with Crippen LogP contribution in [0.1, 0.15) is 43.0 Å². The van der Waals surface area contributed by atoms with Gasteiger partial charge in [-0.3, -0.25) is 9.52 Å². The fraction of sp³-hybridized carbons (Fsp3) is 0.450. The Bertz CT molecular complexity index is 874. The molecule has 2 aromatic rings. The minimum absolute atomic E-state index is 0.163. The van der Waals surface area contributed by atoms with Crippen LogP contribution in [0.4, 0.5) is 5.69 Å². The Hall–Kier alpha value is -1.90. The number of nitrogens with zero attached hydrogens (tertiary/aromatic N) is 1. The van der Waals surface area contributed by atoms with Crippen LogP contribution in [-0.4, -0.2) is 44.9 Å². The topological polar surface area (TPSA) is 78.5 Å². The average molecular weight is 422 g/mol. The number of unbranched alkanes of at least 4 members (excludes halogenated alkanes) is 1. The summed E-state index contributed by atoms with van der Waals surface area (Å²) in [7, 11) is -3.62. The van der Waals surface area contributed by atoms with Gasteiger partial charge in [-0.15, -0.1) is 11.3 Å². The summed E-state index contributed by atoms with van der Waals surface area (Å²) in [6.07, 6.45) is 4.30. The Morgan fingerprint density at radius 3 is 2.68 bits per heavy atom. The van der Waals surface area contributed by atoms with Crippen LogP contribution < -0.4 is 10.0 Å². The number of carbonyl (C=O) groups excluding carboxylic acids is 1. The normalized spacial score (nSPS) is 16.0. The molecule has 0 saturated carbocycles. The van der Waals surface area contributed by atoms with Crippen LogP contribution in [0.25, 0.3) is 0 Å². The molecule has 0 radical (unpaired) electrons. The second-order valence-corrected chi connectivity index (χ2v) is 9.92. The number of hydrogen-bond acceptors (Lipinski definition) is 5. The summed E-state index contributed by atoms with van der Waals surface area (Å²) in [6, 6.07) is 10.0. The van der Waals surface area contributed by atoms with Crippen LogP contribution in [0.5, 0.6) is 0 Å². The van der Waals surface area contributed by atoms with Crippen molar-refractivity contribution in [2.75, 3.05) is 24.4 Å². The lowest BCUT2D eigenvalue weighted by Gasteiger charge is -2.32. The van der Waals surface area contributed by atoms with Crippen LogP contribution >= 0.6 is 11.3 Å². The first-order valence-electron chi connectivity index (χ1n) is 9.67. The van der Waals surface area contributed by atoms with E-state index in [2.05, 4.69) is 21.9 Å². The van der Waals surface area contributed by atoms with Crippen molar-refractivity contribution < 1.29 is 13.2 Å². The summed E-state index contributed by atoms with van der Waals surface area (Å²) in [5.74, 6) is -0.163. The Labute approximate surface area is 171 Å². The van der Waals surface area contributed by atoms with E-state index in [9.17, 15) is 13.2 Å². The van der Waals surface area contributed by atoms with Gasteiger partial charge in [0, 0.05) is 30.4 Å². The van der Waals surface area contributed by atoms with E-state index in [1.165, 1.54) is 12.8 Å². The van der Waals surface area contributed by atoms with Crippen molar-refractivity contribution >= 4 is 33.0 Å². The highest BCUT2D eigenvalue weighted by molar-refractivity contribution is 7.94. The molecule has 1 saturated heterocycles. The van der Waals surface area contributed by atoms with Crippen molar-refractivity contribution in [1.82, 2.24) is 10.2 Å². The van der Waals surface area contributed by atoms with E-state index >= 15 is 0 Å². The third-order valence-corrected chi connectivity index (χ3v) is 7.67. The maximum Gasteiger partial charge on any atom is 0.271 e. The second kappa shape index (κ2) is 9.54. The van der Waals surface area contributed by atoms with Crippen molar-refractivity contribution in [3.8, 4) is 0 Å². The second-order valence-electron chi connectivity index (χ2n) is 7.06. The summed E-state index contributed by atoms with van der Waals surface area (Å²) in [4.78, 5) is 15.1. The number of thiophene rings is 1. The van der Waals surface area contributed by atoms with Crippen LogP contribution in [0.3, 0.4) is 0 Å². The first-order valence-corrected chi connectivity index (χ1v) is 12.0. The molecule has 28 heavy (non-hydrogen) atoms. The monoisotopic (exact) mass is 421 g/mol. The number of piperidine rings is 1. The molecule has 0 spiro atoms. The van der Waals surface area contributed by atoms with E-state index in [4.69, 9.17) is 0 Å². The summed E-state index contributed by atoms with van der Waals surface area (Å²) in [5, 5.41) is 4.80. The fourth-order valence-electron chi connectivity index (χ4n) is 3.30. The molecule has 6 nitrogen and oxygen atoms in total. The maximum atomic E-state index is 12.6. The number of likely N-dealkylation sites (tertiary alicyclic amines) is 1. The van der Waals surface area contributed by atoms with Gasteiger partial charge in [-0.25, -0.2) is 8.42 Å². The van der Waals surface area contributed by atoms with Crippen LogP contribution in [0, 0.1) is 0 Å². The van der Waals surface area contributed by atoms with Gasteiger partial charge in [-0.2, -0.15) is 0 Å². The van der Waals surface area contributed by atoms with E-state index in [1.807, 2.05) is 0 Å². The highest BCUT2D eigenvalue weighted by Gasteiger charge is 2.21. The molecule has 1 aliphatic rings. The van der Waals surface area contributed by atoms with Gasteiger partial charge in [0.2, 0.25) is 0 Å². The molecule has 0 bridgehead atoms. The van der Waals surface area contributed by atoms with E-state index in [-0.39, 0.29) is 16.2 Å². The quantitative estimate of drug-likeness (QED) is 0.683. The molecule has 152 valence electrons. The Morgan fingerprint density at radius 1 is 1.21 bits per heavy atom. The number of carbonyl (C=O) groups is 1. The molecule has 1 aromatic heterocycles. The van der Waals surface area contributed by atoms with E-state index in [0.29, 0.717) is 11.3 Å². The Kier molecular flexibility index (Phi) is 7.09. The van der Waals surface area contributed by atoms with Gasteiger partial charge in [0.25, 0.3) is 15.9 Å². The SMILES string of the molecule is CCCCN1CCC(NC(=O)c2cccc(NS(=O)(=O)c3cccs3)c2)CC1. The van der Waals surface area contributed by atoms with Crippen LogP contribution in [0.2, 0.25) is 0 Å². The molecule has 0 atom stereocenters. The van der Waals surface area contributed by atoms with Gasteiger partial charge in [0.1, 0.15) is 4.21 Å². The van der Waals surface area contributed by atoms with Crippen LogP contribution in [-0.2, 0) is 10.0 Å². The van der Waals surface area contributed by atoms with Gasteiger partial charge in [0.05, 0.1) is 0 Å². The summed E-state index contributed by atoms with van der Waals surface area (Å²) >= 11 is 1.15. The number of hydrogen-bond donors (Lipinski definition) is 2. The summed E-state index contributed by atoms with van der Waals surface area (Å²) < 4.78 is 27.5. The third-order valence-electron chi connectivity index (χ3n) is 4.89. The minimum atomic E-state index is -3.62. The van der Waals surface area contributed by atoms with Crippen molar-refractivity contribution in [1.29, 1.82) is 0 Å². The zero-order valence-corrected chi connectivity index (χ0v) is 17.7. The molecule has 0 unspecified atom stereocenters. The lowest BCUT2D eigenvalue weighted by Crippen LogP contribution is -2.44. The lowest BCUT2D eigenvalue weighted by molar-refractivity contribution is 0.0911. The largest absolute Gasteiger partial charge is 0.349 e. The minimum Gasteiger partial charge on any atom is -0.349 e. The number of rotatable bonds is 8. The van der Waals surface area contributed by atoms with E-state index < -0.39 is 10.0 Å². The molecule has 1 aromatic carbocycles. The fourth-order valence-corrected chi connectivity index (χ4v) is 5.34. The van der Waals surface area contributed by atoms with Gasteiger partial charge < -0.3 is 10.2 Å². The zero-order chi connectivity index (χ0) is 20.0. The smallest absolute Gasteiger partial charge is 0.271 e. The molecular formula is C20H27N3O3S2. The standard InChI is InChI=1S/C20H27N3O3S2/c1-2-3-11-23-12-9-17(10-13-23)21-20(24)16-6-4-7-18(15-16)22-28(25,26)19-8-5-14-27-19/h4-8,14-15,17,22H,2-3,9-13H2,1H3,(H,21,24). The molecule has 1 amide bonds.